The number of aliphatic carboxylic acids is 1. The Bertz CT molecular complexity index is 888. The topological polar surface area (TPSA) is 73.7 Å². The van der Waals surface area contributed by atoms with E-state index in [0.29, 0.717) is 0 Å². The Balaban J connectivity index is 0.00000261. The second-order valence-corrected chi connectivity index (χ2v) is 7.27. The Hall–Kier alpha value is -1.68. The molecular weight excluding hydrogens is 452 g/mol. The van der Waals surface area contributed by atoms with Gasteiger partial charge in [-0.3, -0.25) is 0 Å². The molecule has 1 aromatic carbocycles. The number of hydrogen-bond donors (Lipinski definition) is 2. The van der Waals surface area contributed by atoms with Crippen molar-refractivity contribution in [1.29, 1.82) is 0 Å². The zero-order valence-electron chi connectivity index (χ0n) is 12.9. The maximum absolute atomic E-state index is 13.6. The molecule has 1 atom stereocenters. The maximum Gasteiger partial charge on any atom is 0.418 e. The molecule has 0 fully saturated rings. The lowest BCUT2D eigenvalue weighted by Crippen LogP contribution is -2.44. The first kappa shape index (κ1) is 21.6. The molecule has 2 N–H and O–H groups in total. The van der Waals surface area contributed by atoms with Crippen LogP contribution in [0.2, 0.25) is 0 Å². The van der Waals surface area contributed by atoms with Crippen LogP contribution >= 0.6 is 46.9 Å². The van der Waals surface area contributed by atoms with Crippen molar-refractivity contribution in [1.82, 2.24) is 4.98 Å². The van der Waals surface area contributed by atoms with Gasteiger partial charge in [-0.2, -0.15) is 13.2 Å². The monoisotopic (exact) mass is 460 g/mol. The fourth-order valence-corrected chi connectivity index (χ4v) is 3.95. The molecule has 0 saturated heterocycles. The van der Waals surface area contributed by atoms with Gasteiger partial charge in [-0.15, -0.1) is 46.9 Å². The summed E-state index contributed by atoms with van der Waals surface area (Å²) in [5.74, 6) is -2.37. The van der Waals surface area contributed by atoms with Gasteiger partial charge in [0.1, 0.15) is 22.2 Å². The van der Waals surface area contributed by atoms with Gasteiger partial charge in [-0.1, -0.05) is 6.07 Å². The first-order valence-electron chi connectivity index (χ1n) is 6.98. The number of aromatic nitrogens is 1. The lowest BCUT2D eigenvalue weighted by atomic mass is 9.92. The van der Waals surface area contributed by atoms with Crippen LogP contribution in [0.5, 0.6) is 0 Å². The van der Waals surface area contributed by atoms with Crippen LogP contribution in [-0.4, -0.2) is 32.0 Å². The molecule has 0 radical (unpaired) electrons. The Kier molecular flexibility index (Phi) is 6.20. The number of alkyl halides is 5. The van der Waals surface area contributed by atoms with Crippen molar-refractivity contribution in [2.75, 3.05) is 4.90 Å². The number of fused-ring (bicyclic) bond motifs is 1. The van der Waals surface area contributed by atoms with Gasteiger partial charge in [0.05, 0.1) is 11.3 Å². The Morgan fingerprint density at radius 2 is 2.00 bits per heavy atom. The van der Waals surface area contributed by atoms with Gasteiger partial charge in [0.25, 0.3) is 0 Å². The lowest BCUT2D eigenvalue weighted by Gasteiger charge is -2.39. The van der Waals surface area contributed by atoms with Crippen LogP contribution in [0.3, 0.4) is 0 Å². The molecule has 2 aromatic rings. The first-order valence-corrected chi connectivity index (χ1v) is 8.73. The minimum Gasteiger partial charge on any atom is -0.507 e. The van der Waals surface area contributed by atoms with Gasteiger partial charge in [0.2, 0.25) is 0 Å². The fourth-order valence-electron chi connectivity index (χ4n) is 2.79. The molecule has 0 bridgehead atoms. The van der Waals surface area contributed by atoms with E-state index in [-0.39, 0.29) is 23.1 Å². The van der Waals surface area contributed by atoms with Crippen molar-refractivity contribution in [2.24, 2.45) is 0 Å². The van der Waals surface area contributed by atoms with Crippen LogP contribution in [0.4, 0.5) is 24.0 Å². The van der Waals surface area contributed by atoms with Crippen LogP contribution in [0.1, 0.15) is 11.1 Å². The molecule has 0 saturated carbocycles. The van der Waals surface area contributed by atoms with Gasteiger partial charge in [0, 0.05) is 17.1 Å². The number of rotatable bonds is 3. The number of hydrogen-bond acceptors (Lipinski definition) is 5. The summed E-state index contributed by atoms with van der Waals surface area (Å²) in [7, 11) is 0. The first-order chi connectivity index (χ1) is 12.1. The number of nitrogens with zero attached hydrogens (tertiary/aromatic N) is 2. The van der Waals surface area contributed by atoms with E-state index in [9.17, 15) is 28.2 Å². The van der Waals surface area contributed by atoms with Crippen molar-refractivity contribution >= 4 is 69.5 Å². The molecule has 27 heavy (non-hydrogen) atoms. The number of benzene rings is 1. The molecule has 0 amide bonds. The van der Waals surface area contributed by atoms with Gasteiger partial charge in [-0.25, -0.2) is 9.78 Å². The van der Waals surface area contributed by atoms with Crippen LogP contribution in [0.15, 0.2) is 35.3 Å². The number of aliphatic hydroxyl groups is 1. The summed E-state index contributed by atoms with van der Waals surface area (Å²) in [4.78, 5) is 15.2. The number of halogens is 6. The summed E-state index contributed by atoms with van der Waals surface area (Å²) in [6.45, 7) is 0. The molecule has 1 aromatic heterocycles. The molecule has 2 heterocycles. The molecule has 5 nitrogen and oxygen atoms in total. The summed E-state index contributed by atoms with van der Waals surface area (Å²) in [6.07, 6.45) is -3.41. The Morgan fingerprint density at radius 3 is 2.48 bits per heavy atom. The number of para-hydroxylation sites is 1. The third kappa shape index (κ3) is 3.69. The smallest absolute Gasteiger partial charge is 0.418 e. The normalized spacial score (nSPS) is 17.0. The van der Waals surface area contributed by atoms with Gasteiger partial charge < -0.3 is 15.1 Å². The van der Waals surface area contributed by atoms with E-state index in [4.69, 9.17) is 23.2 Å². The Labute approximate surface area is 171 Å². The van der Waals surface area contributed by atoms with Crippen LogP contribution in [0, 0.1) is 0 Å². The molecular formula is C15H10Cl3F3N2O3S. The second-order valence-electron chi connectivity index (χ2n) is 5.23. The minimum absolute atomic E-state index is 0. The molecule has 1 unspecified atom stereocenters. The van der Waals surface area contributed by atoms with E-state index in [1.165, 1.54) is 17.6 Å². The maximum atomic E-state index is 13.6. The summed E-state index contributed by atoms with van der Waals surface area (Å²) in [6, 6.07) is 1.62. The van der Waals surface area contributed by atoms with Gasteiger partial charge >= 0.3 is 12.1 Å². The van der Waals surface area contributed by atoms with Gasteiger partial charge in [-0.05, 0) is 12.1 Å². The van der Waals surface area contributed by atoms with E-state index >= 15 is 0 Å². The largest absolute Gasteiger partial charge is 0.507 e. The van der Waals surface area contributed by atoms with Crippen LogP contribution in [-0.2, 0) is 11.0 Å². The highest BCUT2D eigenvalue weighted by Crippen LogP contribution is 2.49. The Morgan fingerprint density at radius 1 is 1.33 bits per heavy atom. The SMILES string of the molecule is Cl.O=C(O)C1=C(O)c2cccc(C(F)(F)F)c2N(c2nccs2)C1C(Cl)Cl. The molecule has 1 aliphatic rings. The summed E-state index contributed by atoms with van der Waals surface area (Å²) in [5.41, 5.74) is -2.42. The summed E-state index contributed by atoms with van der Waals surface area (Å²) < 4.78 is 40.7. The molecule has 12 heteroatoms. The number of carbonyl (C=O) groups is 1. The molecule has 0 aliphatic carbocycles. The molecule has 3 rings (SSSR count). The number of carboxylic acids is 1. The summed E-state index contributed by atoms with van der Waals surface area (Å²) >= 11 is 12.8. The highest BCUT2D eigenvalue weighted by molar-refractivity contribution is 7.13. The number of carboxylic acid groups (broad SMARTS) is 1. The van der Waals surface area contributed by atoms with Crippen molar-refractivity contribution in [3.63, 3.8) is 0 Å². The second kappa shape index (κ2) is 7.75. The number of thiazole rings is 1. The van der Waals surface area contributed by atoms with E-state index in [0.717, 1.165) is 28.4 Å². The highest BCUT2D eigenvalue weighted by Gasteiger charge is 2.46. The number of aliphatic hydroxyl groups excluding tert-OH is 1. The van der Waals surface area contributed by atoms with Crippen LogP contribution in [0.25, 0.3) is 5.76 Å². The number of anilines is 2. The van der Waals surface area contributed by atoms with Crippen molar-refractivity contribution < 1.29 is 28.2 Å². The van der Waals surface area contributed by atoms with Crippen molar-refractivity contribution in [3.05, 3.63) is 46.5 Å². The average Bonchev–Trinajstić information content (AvgIpc) is 3.06. The van der Waals surface area contributed by atoms with Crippen molar-refractivity contribution in [3.8, 4) is 0 Å². The average molecular weight is 462 g/mol. The summed E-state index contributed by atoms with van der Waals surface area (Å²) in [5, 5.41) is 21.5. The fraction of sp³-hybridized carbons (Fsp3) is 0.200. The molecule has 1 aliphatic heterocycles. The zero-order valence-corrected chi connectivity index (χ0v) is 16.1. The quantitative estimate of drug-likeness (QED) is 0.610. The van der Waals surface area contributed by atoms with E-state index in [1.54, 1.807) is 0 Å². The van der Waals surface area contributed by atoms with Gasteiger partial charge in [0.15, 0.2) is 5.13 Å². The zero-order chi connectivity index (χ0) is 19.2. The highest BCUT2D eigenvalue weighted by atomic mass is 35.5. The predicted molar refractivity (Wildman–Crippen MR) is 99.4 cm³/mol. The van der Waals surface area contributed by atoms with Crippen molar-refractivity contribution in [2.45, 2.75) is 17.1 Å². The molecule has 0 spiro atoms. The standard InChI is InChI=1S/C15H9Cl2F3N2O3S.ClH/c16-12(17)10-8(13(24)25)11(23)6-2-1-3-7(15(18,19)20)9(6)22(10)14-21-4-5-26-14;/h1-5,10,12,23H,(H,24,25);1H. The predicted octanol–water partition coefficient (Wildman–Crippen LogP) is 5.26. The van der Waals surface area contributed by atoms with E-state index in [1.807, 2.05) is 0 Å². The van der Waals surface area contributed by atoms with E-state index < -0.39 is 45.6 Å². The third-order valence-corrected chi connectivity index (χ3v) is 5.01. The molecule has 146 valence electrons. The van der Waals surface area contributed by atoms with Crippen LogP contribution < -0.4 is 4.90 Å². The minimum atomic E-state index is -4.76. The third-order valence-electron chi connectivity index (χ3n) is 3.76. The van der Waals surface area contributed by atoms with E-state index in [2.05, 4.69) is 4.98 Å². The lowest BCUT2D eigenvalue weighted by molar-refractivity contribution is -0.137.